The summed E-state index contributed by atoms with van der Waals surface area (Å²) < 4.78 is 18.5. The molecule has 0 fully saturated rings. The van der Waals surface area contributed by atoms with Gasteiger partial charge in [-0.2, -0.15) is 0 Å². The van der Waals surface area contributed by atoms with E-state index < -0.39 is 5.82 Å². The Hall–Kier alpha value is -1.38. The van der Waals surface area contributed by atoms with Crippen LogP contribution in [0, 0.1) is 11.7 Å². The van der Waals surface area contributed by atoms with Crippen molar-refractivity contribution in [2.75, 3.05) is 7.11 Å². The van der Waals surface area contributed by atoms with Gasteiger partial charge in [0.1, 0.15) is 11.6 Å². The largest absolute Gasteiger partial charge is 0.497 e. The van der Waals surface area contributed by atoms with Crippen LogP contribution in [0.3, 0.4) is 0 Å². The molecule has 0 unspecified atom stereocenters. The van der Waals surface area contributed by atoms with Crippen molar-refractivity contribution in [2.45, 2.75) is 26.7 Å². The predicted octanol–water partition coefficient (Wildman–Crippen LogP) is 3.45. The number of benzene rings is 1. The second-order valence-corrected chi connectivity index (χ2v) is 3.72. The molecule has 0 spiro atoms. The highest BCUT2D eigenvalue weighted by Gasteiger charge is 2.19. The maximum atomic E-state index is 13.6. The van der Waals surface area contributed by atoms with E-state index in [9.17, 15) is 9.18 Å². The highest BCUT2D eigenvalue weighted by atomic mass is 19.1. The van der Waals surface area contributed by atoms with Gasteiger partial charge in [0, 0.05) is 12.0 Å². The first-order valence-corrected chi connectivity index (χ1v) is 5.51. The van der Waals surface area contributed by atoms with Crippen LogP contribution in [0.15, 0.2) is 18.2 Å². The average molecular weight is 224 g/mol. The fraction of sp³-hybridized carbons (Fsp3) is 0.462. The molecule has 0 aromatic heterocycles. The van der Waals surface area contributed by atoms with E-state index >= 15 is 0 Å². The quantitative estimate of drug-likeness (QED) is 0.716. The topological polar surface area (TPSA) is 26.3 Å². The molecule has 0 heterocycles. The van der Waals surface area contributed by atoms with E-state index in [4.69, 9.17) is 4.74 Å². The van der Waals surface area contributed by atoms with Gasteiger partial charge in [0.25, 0.3) is 0 Å². The third-order valence-corrected chi connectivity index (χ3v) is 2.80. The number of hydrogen-bond donors (Lipinski definition) is 0. The molecule has 1 rings (SSSR count). The molecular formula is C13H17FO2. The maximum Gasteiger partial charge on any atom is 0.168 e. The standard InChI is InChI=1S/C13H17FO2/c1-4-9(5-2)13(15)11-7-6-10(16-3)8-12(11)14/h6-9H,4-5H2,1-3H3. The van der Waals surface area contributed by atoms with Crippen molar-refractivity contribution in [3.63, 3.8) is 0 Å². The van der Waals surface area contributed by atoms with Crippen LogP contribution >= 0.6 is 0 Å². The summed E-state index contributed by atoms with van der Waals surface area (Å²) >= 11 is 0. The summed E-state index contributed by atoms with van der Waals surface area (Å²) in [6, 6.07) is 4.35. The number of methoxy groups -OCH3 is 1. The van der Waals surface area contributed by atoms with Crippen molar-refractivity contribution in [2.24, 2.45) is 5.92 Å². The van der Waals surface area contributed by atoms with E-state index in [1.807, 2.05) is 13.8 Å². The highest BCUT2D eigenvalue weighted by Crippen LogP contribution is 2.21. The Morgan fingerprint density at radius 3 is 2.44 bits per heavy atom. The van der Waals surface area contributed by atoms with Crippen LogP contribution in [0.1, 0.15) is 37.0 Å². The van der Waals surface area contributed by atoms with Crippen molar-refractivity contribution in [1.29, 1.82) is 0 Å². The summed E-state index contributed by atoms with van der Waals surface area (Å²) in [6.07, 6.45) is 1.47. The number of carbonyl (C=O) groups excluding carboxylic acids is 1. The lowest BCUT2D eigenvalue weighted by Gasteiger charge is -2.12. The molecule has 0 atom stereocenters. The lowest BCUT2D eigenvalue weighted by molar-refractivity contribution is 0.0909. The molecular weight excluding hydrogens is 207 g/mol. The van der Waals surface area contributed by atoms with Crippen molar-refractivity contribution in [3.8, 4) is 5.75 Å². The number of rotatable bonds is 5. The fourth-order valence-corrected chi connectivity index (χ4v) is 1.70. The summed E-state index contributed by atoms with van der Waals surface area (Å²) in [6.45, 7) is 3.88. The van der Waals surface area contributed by atoms with Gasteiger partial charge in [0.15, 0.2) is 5.78 Å². The van der Waals surface area contributed by atoms with Gasteiger partial charge in [0.05, 0.1) is 12.7 Å². The van der Waals surface area contributed by atoms with Crippen LogP contribution in [0.25, 0.3) is 0 Å². The summed E-state index contributed by atoms with van der Waals surface area (Å²) in [5, 5.41) is 0. The van der Waals surface area contributed by atoms with Crippen molar-refractivity contribution >= 4 is 5.78 Å². The minimum Gasteiger partial charge on any atom is -0.497 e. The minimum atomic E-state index is -0.503. The zero-order valence-electron chi connectivity index (χ0n) is 9.92. The highest BCUT2D eigenvalue weighted by molar-refractivity contribution is 5.98. The van der Waals surface area contributed by atoms with E-state index in [2.05, 4.69) is 0 Å². The molecule has 16 heavy (non-hydrogen) atoms. The zero-order chi connectivity index (χ0) is 12.1. The third-order valence-electron chi connectivity index (χ3n) is 2.80. The van der Waals surface area contributed by atoms with Crippen molar-refractivity contribution < 1.29 is 13.9 Å². The van der Waals surface area contributed by atoms with Crippen molar-refractivity contribution in [3.05, 3.63) is 29.6 Å². The van der Waals surface area contributed by atoms with E-state index in [0.29, 0.717) is 5.75 Å². The van der Waals surface area contributed by atoms with Crippen LogP contribution in [0.4, 0.5) is 4.39 Å². The van der Waals surface area contributed by atoms with Crippen LogP contribution in [-0.2, 0) is 0 Å². The monoisotopic (exact) mass is 224 g/mol. The van der Waals surface area contributed by atoms with Crippen molar-refractivity contribution in [1.82, 2.24) is 0 Å². The second kappa shape index (κ2) is 5.64. The van der Waals surface area contributed by atoms with Crippen LogP contribution in [0.5, 0.6) is 5.75 Å². The average Bonchev–Trinajstić information content (AvgIpc) is 2.30. The Morgan fingerprint density at radius 1 is 1.38 bits per heavy atom. The fourth-order valence-electron chi connectivity index (χ4n) is 1.70. The van der Waals surface area contributed by atoms with Gasteiger partial charge in [-0.05, 0) is 25.0 Å². The van der Waals surface area contributed by atoms with Gasteiger partial charge in [0.2, 0.25) is 0 Å². The molecule has 2 nitrogen and oxygen atoms in total. The first-order chi connectivity index (χ1) is 7.63. The summed E-state index contributed by atoms with van der Waals surface area (Å²) in [7, 11) is 1.47. The Morgan fingerprint density at radius 2 is 2.00 bits per heavy atom. The van der Waals surface area contributed by atoms with E-state index in [1.54, 1.807) is 6.07 Å². The molecule has 0 aliphatic carbocycles. The summed E-state index contributed by atoms with van der Waals surface area (Å²) in [4.78, 5) is 11.9. The zero-order valence-corrected chi connectivity index (χ0v) is 9.92. The molecule has 0 saturated heterocycles. The number of halogens is 1. The van der Waals surface area contributed by atoms with Gasteiger partial charge in [-0.3, -0.25) is 4.79 Å². The number of Topliss-reactive ketones (excluding diaryl/α,β-unsaturated/α-hetero) is 1. The number of ether oxygens (including phenoxy) is 1. The van der Waals surface area contributed by atoms with Crippen LogP contribution in [0.2, 0.25) is 0 Å². The molecule has 88 valence electrons. The second-order valence-electron chi connectivity index (χ2n) is 3.72. The first-order valence-electron chi connectivity index (χ1n) is 5.51. The SMILES string of the molecule is CCC(CC)C(=O)c1ccc(OC)cc1F. The predicted molar refractivity (Wildman–Crippen MR) is 61.4 cm³/mol. The van der Waals surface area contributed by atoms with Crippen LogP contribution in [-0.4, -0.2) is 12.9 Å². The Labute approximate surface area is 95.4 Å². The first kappa shape index (κ1) is 12.7. The lowest BCUT2D eigenvalue weighted by Crippen LogP contribution is -2.14. The maximum absolute atomic E-state index is 13.6. The smallest absolute Gasteiger partial charge is 0.168 e. The molecule has 3 heteroatoms. The van der Waals surface area contributed by atoms with Crippen LogP contribution < -0.4 is 4.74 Å². The van der Waals surface area contributed by atoms with E-state index in [0.717, 1.165) is 12.8 Å². The molecule has 0 N–H and O–H groups in total. The van der Waals surface area contributed by atoms with Gasteiger partial charge < -0.3 is 4.74 Å². The molecule has 0 bridgehead atoms. The van der Waals surface area contributed by atoms with Gasteiger partial charge in [-0.15, -0.1) is 0 Å². The Kier molecular flexibility index (Phi) is 4.47. The minimum absolute atomic E-state index is 0.0945. The molecule has 0 aliphatic heterocycles. The normalized spacial score (nSPS) is 10.6. The molecule has 0 saturated carbocycles. The molecule has 0 radical (unpaired) electrons. The molecule has 0 aliphatic rings. The van der Waals surface area contributed by atoms with E-state index in [-0.39, 0.29) is 17.3 Å². The molecule has 0 amide bonds. The van der Waals surface area contributed by atoms with E-state index in [1.165, 1.54) is 19.2 Å². The lowest BCUT2D eigenvalue weighted by atomic mass is 9.93. The Bertz CT molecular complexity index is 370. The molecule has 1 aromatic carbocycles. The third kappa shape index (κ3) is 2.60. The van der Waals surface area contributed by atoms with Gasteiger partial charge in [-0.1, -0.05) is 13.8 Å². The number of carbonyl (C=O) groups is 1. The Balaban J connectivity index is 3.00. The summed E-state index contributed by atoms with van der Waals surface area (Å²) in [5.74, 6) is -0.289. The molecule has 1 aromatic rings. The van der Waals surface area contributed by atoms with Gasteiger partial charge >= 0.3 is 0 Å². The number of hydrogen-bond acceptors (Lipinski definition) is 2. The van der Waals surface area contributed by atoms with Gasteiger partial charge in [-0.25, -0.2) is 4.39 Å². The number of ketones is 1. The summed E-state index contributed by atoms with van der Waals surface area (Å²) in [5.41, 5.74) is 0.162.